The summed E-state index contributed by atoms with van der Waals surface area (Å²) in [4.78, 5) is 0. The molecule has 5 nitrogen and oxygen atoms in total. The average molecular weight is 196 g/mol. The standard InChI is InChI=1S/C9H12N2O3/c1-14-7-4-5(2-3-6(7)12)8(13)9(10)11/h2-4,8,12-13H,1H3,(H3,10,11). The van der Waals surface area contributed by atoms with Gasteiger partial charge in [0.2, 0.25) is 0 Å². The molecule has 1 unspecified atom stereocenters. The molecule has 1 aromatic carbocycles. The van der Waals surface area contributed by atoms with Gasteiger partial charge in [-0.3, -0.25) is 5.41 Å². The van der Waals surface area contributed by atoms with Gasteiger partial charge in [0.15, 0.2) is 11.5 Å². The van der Waals surface area contributed by atoms with Crippen LogP contribution in [0.5, 0.6) is 11.5 Å². The Morgan fingerprint density at radius 2 is 2.21 bits per heavy atom. The highest BCUT2D eigenvalue weighted by atomic mass is 16.5. The monoisotopic (exact) mass is 196 g/mol. The van der Waals surface area contributed by atoms with Crippen molar-refractivity contribution in [1.82, 2.24) is 0 Å². The number of hydrogen-bond donors (Lipinski definition) is 4. The lowest BCUT2D eigenvalue weighted by Crippen LogP contribution is -2.19. The van der Waals surface area contributed by atoms with E-state index in [2.05, 4.69) is 0 Å². The maximum atomic E-state index is 9.42. The van der Waals surface area contributed by atoms with Crippen molar-refractivity contribution in [1.29, 1.82) is 5.41 Å². The first kappa shape index (κ1) is 10.3. The first-order valence-electron chi connectivity index (χ1n) is 3.95. The van der Waals surface area contributed by atoms with Crippen LogP contribution in [0.15, 0.2) is 18.2 Å². The molecule has 1 atom stereocenters. The van der Waals surface area contributed by atoms with Crippen LogP contribution in [-0.4, -0.2) is 23.2 Å². The van der Waals surface area contributed by atoms with E-state index in [1.54, 1.807) is 0 Å². The third kappa shape index (κ3) is 1.94. The Morgan fingerprint density at radius 1 is 1.57 bits per heavy atom. The number of phenols is 1. The average Bonchev–Trinajstić information content (AvgIpc) is 2.17. The molecule has 0 heterocycles. The fraction of sp³-hybridized carbons (Fsp3) is 0.222. The number of nitrogens with one attached hydrogen (secondary N) is 1. The zero-order chi connectivity index (χ0) is 10.7. The molecule has 0 aromatic heterocycles. The summed E-state index contributed by atoms with van der Waals surface area (Å²) in [5.74, 6) is -0.132. The van der Waals surface area contributed by atoms with Crippen LogP contribution in [0.2, 0.25) is 0 Å². The molecule has 0 radical (unpaired) electrons. The first-order chi connectivity index (χ1) is 6.56. The Labute approximate surface area is 81.3 Å². The smallest absolute Gasteiger partial charge is 0.160 e. The predicted octanol–water partition coefficient (Wildman–Crippen LogP) is 0.370. The number of hydrogen-bond acceptors (Lipinski definition) is 4. The van der Waals surface area contributed by atoms with Gasteiger partial charge in [-0.05, 0) is 17.7 Å². The number of nitrogens with two attached hydrogens (primary N) is 1. The molecule has 5 heteroatoms. The summed E-state index contributed by atoms with van der Waals surface area (Å²) in [6.07, 6.45) is -1.16. The van der Waals surface area contributed by atoms with Crippen LogP contribution < -0.4 is 10.5 Å². The van der Waals surface area contributed by atoms with Gasteiger partial charge in [0, 0.05) is 0 Å². The summed E-state index contributed by atoms with van der Waals surface area (Å²) in [6, 6.07) is 4.28. The van der Waals surface area contributed by atoms with E-state index in [1.165, 1.54) is 25.3 Å². The van der Waals surface area contributed by atoms with Crippen molar-refractivity contribution in [3.8, 4) is 11.5 Å². The molecule has 0 aliphatic heterocycles. The van der Waals surface area contributed by atoms with Gasteiger partial charge in [-0.15, -0.1) is 0 Å². The van der Waals surface area contributed by atoms with Crippen molar-refractivity contribution in [2.45, 2.75) is 6.10 Å². The van der Waals surface area contributed by atoms with Crippen molar-refractivity contribution in [2.75, 3.05) is 7.11 Å². The SMILES string of the molecule is COc1cc(C(O)C(=N)N)ccc1O. The number of methoxy groups -OCH3 is 1. The van der Waals surface area contributed by atoms with E-state index < -0.39 is 6.10 Å². The van der Waals surface area contributed by atoms with Crippen LogP contribution in [0.1, 0.15) is 11.7 Å². The molecule has 5 N–H and O–H groups in total. The molecule has 76 valence electrons. The summed E-state index contributed by atoms with van der Waals surface area (Å²) in [5, 5.41) is 25.7. The molecule has 0 bridgehead atoms. The second-order valence-electron chi connectivity index (χ2n) is 2.79. The molecule has 1 aromatic rings. The maximum absolute atomic E-state index is 9.42. The molecule has 1 rings (SSSR count). The van der Waals surface area contributed by atoms with Crippen LogP contribution in [0.25, 0.3) is 0 Å². The number of aliphatic hydroxyl groups excluding tert-OH is 1. The van der Waals surface area contributed by atoms with Crippen molar-refractivity contribution >= 4 is 5.84 Å². The fourth-order valence-corrected chi connectivity index (χ4v) is 1.04. The van der Waals surface area contributed by atoms with E-state index in [9.17, 15) is 10.2 Å². The summed E-state index contributed by atoms with van der Waals surface area (Å²) >= 11 is 0. The van der Waals surface area contributed by atoms with Gasteiger partial charge < -0.3 is 20.7 Å². The molecule has 0 aliphatic carbocycles. The lowest BCUT2D eigenvalue weighted by Gasteiger charge is -2.11. The molecule has 14 heavy (non-hydrogen) atoms. The Hall–Kier alpha value is -1.75. The number of phenolic OH excluding ortho intramolecular Hbond substituents is 1. The van der Waals surface area contributed by atoms with Crippen LogP contribution in [-0.2, 0) is 0 Å². The normalized spacial score (nSPS) is 12.1. The molecule has 0 amide bonds. The van der Waals surface area contributed by atoms with Gasteiger partial charge in [0.25, 0.3) is 0 Å². The second kappa shape index (κ2) is 3.97. The quantitative estimate of drug-likeness (QED) is 0.414. The largest absolute Gasteiger partial charge is 0.504 e. The minimum Gasteiger partial charge on any atom is -0.504 e. The zero-order valence-electron chi connectivity index (χ0n) is 7.69. The Kier molecular flexibility index (Phi) is 2.93. The van der Waals surface area contributed by atoms with Gasteiger partial charge in [-0.2, -0.15) is 0 Å². The third-order valence-electron chi connectivity index (χ3n) is 1.81. The number of aliphatic hydroxyl groups is 1. The topological polar surface area (TPSA) is 99.6 Å². The number of ether oxygens (including phenoxy) is 1. The summed E-state index contributed by atoms with van der Waals surface area (Å²) < 4.78 is 4.84. The van der Waals surface area contributed by atoms with E-state index >= 15 is 0 Å². The van der Waals surface area contributed by atoms with Gasteiger partial charge in [-0.1, -0.05) is 6.07 Å². The number of rotatable bonds is 3. The molecule has 0 saturated carbocycles. The highest BCUT2D eigenvalue weighted by Gasteiger charge is 2.12. The zero-order valence-corrected chi connectivity index (χ0v) is 7.69. The highest BCUT2D eigenvalue weighted by molar-refractivity contribution is 5.83. The maximum Gasteiger partial charge on any atom is 0.160 e. The van der Waals surface area contributed by atoms with E-state index in [4.69, 9.17) is 15.9 Å². The highest BCUT2D eigenvalue weighted by Crippen LogP contribution is 2.28. The van der Waals surface area contributed by atoms with Crippen LogP contribution in [0, 0.1) is 5.41 Å². The Bertz CT molecular complexity index is 352. The lowest BCUT2D eigenvalue weighted by atomic mass is 10.1. The minimum atomic E-state index is -1.16. The van der Waals surface area contributed by atoms with Crippen molar-refractivity contribution < 1.29 is 14.9 Å². The van der Waals surface area contributed by atoms with E-state index in [1.807, 2.05) is 0 Å². The van der Waals surface area contributed by atoms with Crippen molar-refractivity contribution in [3.63, 3.8) is 0 Å². The first-order valence-corrected chi connectivity index (χ1v) is 3.95. The molecule has 0 saturated heterocycles. The number of amidine groups is 1. The van der Waals surface area contributed by atoms with Crippen LogP contribution >= 0.6 is 0 Å². The van der Waals surface area contributed by atoms with Gasteiger partial charge in [-0.25, -0.2) is 0 Å². The lowest BCUT2D eigenvalue weighted by molar-refractivity contribution is 0.244. The van der Waals surface area contributed by atoms with E-state index in [0.29, 0.717) is 5.56 Å². The third-order valence-corrected chi connectivity index (χ3v) is 1.81. The van der Waals surface area contributed by atoms with Crippen molar-refractivity contribution in [3.05, 3.63) is 23.8 Å². The second-order valence-corrected chi connectivity index (χ2v) is 2.79. The minimum absolute atomic E-state index is 0.0213. The van der Waals surface area contributed by atoms with Crippen LogP contribution in [0.3, 0.4) is 0 Å². The van der Waals surface area contributed by atoms with E-state index in [0.717, 1.165) is 0 Å². The summed E-state index contributed by atoms with van der Waals surface area (Å²) in [5.41, 5.74) is 5.54. The molecule has 0 spiro atoms. The number of benzene rings is 1. The van der Waals surface area contributed by atoms with Gasteiger partial charge in [0.05, 0.1) is 7.11 Å². The Morgan fingerprint density at radius 3 is 2.71 bits per heavy atom. The molecular weight excluding hydrogens is 184 g/mol. The predicted molar refractivity (Wildman–Crippen MR) is 51.5 cm³/mol. The summed E-state index contributed by atoms with van der Waals surface area (Å²) in [6.45, 7) is 0. The number of aromatic hydroxyl groups is 1. The Balaban J connectivity index is 3.06. The van der Waals surface area contributed by atoms with Crippen LogP contribution in [0.4, 0.5) is 0 Å². The van der Waals surface area contributed by atoms with Crippen molar-refractivity contribution in [2.24, 2.45) is 5.73 Å². The van der Waals surface area contributed by atoms with E-state index in [-0.39, 0.29) is 17.3 Å². The molecule has 0 aliphatic rings. The molecular formula is C9H12N2O3. The van der Waals surface area contributed by atoms with Gasteiger partial charge in [0.1, 0.15) is 11.9 Å². The fourth-order valence-electron chi connectivity index (χ4n) is 1.04. The van der Waals surface area contributed by atoms with Gasteiger partial charge >= 0.3 is 0 Å². The molecule has 0 fully saturated rings. The summed E-state index contributed by atoms with van der Waals surface area (Å²) in [7, 11) is 1.40.